The van der Waals surface area contributed by atoms with Gasteiger partial charge in [-0.2, -0.15) is 5.10 Å². The van der Waals surface area contributed by atoms with Gasteiger partial charge in [0.25, 0.3) is 0 Å². The van der Waals surface area contributed by atoms with E-state index in [0.717, 1.165) is 12.2 Å². The molecule has 1 aromatic heterocycles. The SMILES string of the molecule is Cn1cc(CNC2CC2)c(-c2cccc3ccccc23)n1. The third kappa shape index (κ3) is 2.45. The quantitative estimate of drug-likeness (QED) is 0.791. The van der Waals surface area contributed by atoms with Crippen LogP contribution in [0.2, 0.25) is 0 Å². The fraction of sp³-hybridized carbons (Fsp3) is 0.278. The molecule has 1 aliphatic rings. The number of nitrogens with one attached hydrogen (secondary N) is 1. The van der Waals surface area contributed by atoms with Gasteiger partial charge in [-0.3, -0.25) is 4.68 Å². The van der Waals surface area contributed by atoms with Crippen molar-refractivity contribution in [2.75, 3.05) is 0 Å². The number of fused-ring (bicyclic) bond motifs is 1. The highest BCUT2D eigenvalue weighted by atomic mass is 15.3. The molecule has 0 bridgehead atoms. The minimum atomic E-state index is 0.713. The molecule has 0 spiro atoms. The Balaban J connectivity index is 1.80. The van der Waals surface area contributed by atoms with Gasteiger partial charge in [-0.15, -0.1) is 0 Å². The Hall–Kier alpha value is -2.13. The van der Waals surface area contributed by atoms with E-state index in [9.17, 15) is 0 Å². The van der Waals surface area contributed by atoms with Gasteiger partial charge >= 0.3 is 0 Å². The maximum absolute atomic E-state index is 4.71. The fourth-order valence-corrected chi connectivity index (χ4v) is 2.87. The molecule has 0 unspecified atom stereocenters. The van der Waals surface area contributed by atoms with Crippen LogP contribution >= 0.6 is 0 Å². The van der Waals surface area contributed by atoms with Crippen LogP contribution in [-0.4, -0.2) is 15.8 Å². The number of aryl methyl sites for hydroxylation is 1. The third-order valence-electron chi connectivity index (χ3n) is 4.11. The van der Waals surface area contributed by atoms with Crippen LogP contribution in [0.1, 0.15) is 18.4 Å². The molecular formula is C18H19N3. The molecule has 0 radical (unpaired) electrons. The second-order valence-corrected chi connectivity index (χ2v) is 5.86. The molecule has 0 amide bonds. The number of nitrogens with zero attached hydrogens (tertiary/aromatic N) is 2. The predicted molar refractivity (Wildman–Crippen MR) is 86.0 cm³/mol. The second kappa shape index (κ2) is 5.01. The molecule has 1 N–H and O–H groups in total. The van der Waals surface area contributed by atoms with Gasteiger partial charge in [0.1, 0.15) is 0 Å². The summed E-state index contributed by atoms with van der Waals surface area (Å²) >= 11 is 0. The van der Waals surface area contributed by atoms with Gasteiger partial charge in [0, 0.05) is 37.0 Å². The Morgan fingerprint density at radius 2 is 1.95 bits per heavy atom. The molecular weight excluding hydrogens is 258 g/mol. The normalized spacial score (nSPS) is 14.7. The van der Waals surface area contributed by atoms with Crippen LogP contribution in [0.4, 0.5) is 0 Å². The zero-order chi connectivity index (χ0) is 14.2. The summed E-state index contributed by atoms with van der Waals surface area (Å²) in [6.45, 7) is 0.900. The van der Waals surface area contributed by atoms with E-state index in [1.807, 2.05) is 11.7 Å². The highest BCUT2D eigenvalue weighted by molar-refractivity contribution is 5.96. The molecule has 0 saturated heterocycles. The standard InChI is InChI=1S/C18H19N3/c1-21-12-14(11-19-15-9-10-15)18(20-21)17-8-4-6-13-5-2-3-7-16(13)17/h2-8,12,15,19H,9-11H2,1H3. The molecule has 106 valence electrons. The smallest absolute Gasteiger partial charge is 0.0974 e. The fourth-order valence-electron chi connectivity index (χ4n) is 2.87. The zero-order valence-corrected chi connectivity index (χ0v) is 12.2. The Kier molecular flexibility index (Phi) is 3.00. The topological polar surface area (TPSA) is 29.9 Å². The Morgan fingerprint density at radius 3 is 2.81 bits per heavy atom. The first kappa shape index (κ1) is 12.6. The molecule has 2 aromatic carbocycles. The number of aromatic nitrogens is 2. The van der Waals surface area contributed by atoms with Crippen LogP contribution in [0.5, 0.6) is 0 Å². The first-order chi connectivity index (χ1) is 10.3. The van der Waals surface area contributed by atoms with Crippen molar-refractivity contribution in [3.8, 4) is 11.3 Å². The first-order valence-electron chi connectivity index (χ1n) is 7.55. The largest absolute Gasteiger partial charge is 0.310 e. The van der Waals surface area contributed by atoms with Crippen LogP contribution in [0.25, 0.3) is 22.0 Å². The van der Waals surface area contributed by atoms with E-state index >= 15 is 0 Å². The molecule has 0 atom stereocenters. The molecule has 1 heterocycles. The molecule has 3 aromatic rings. The maximum atomic E-state index is 4.71. The van der Waals surface area contributed by atoms with Crippen LogP contribution in [0.15, 0.2) is 48.7 Å². The highest BCUT2D eigenvalue weighted by Crippen LogP contribution is 2.30. The Labute approximate surface area is 124 Å². The van der Waals surface area contributed by atoms with Crippen molar-refractivity contribution < 1.29 is 0 Å². The summed E-state index contributed by atoms with van der Waals surface area (Å²) in [6, 6.07) is 15.7. The Morgan fingerprint density at radius 1 is 1.14 bits per heavy atom. The first-order valence-corrected chi connectivity index (χ1v) is 7.55. The molecule has 3 heteroatoms. The van der Waals surface area contributed by atoms with E-state index < -0.39 is 0 Å². The van der Waals surface area contributed by atoms with Crippen molar-refractivity contribution >= 4 is 10.8 Å². The van der Waals surface area contributed by atoms with E-state index in [1.54, 1.807) is 0 Å². The average molecular weight is 277 g/mol. The molecule has 1 saturated carbocycles. The summed E-state index contributed by atoms with van der Waals surface area (Å²) in [6.07, 6.45) is 4.75. The summed E-state index contributed by atoms with van der Waals surface area (Å²) in [5.74, 6) is 0. The lowest BCUT2D eigenvalue weighted by atomic mass is 10.00. The van der Waals surface area contributed by atoms with Crippen molar-refractivity contribution in [2.45, 2.75) is 25.4 Å². The number of hydrogen-bond donors (Lipinski definition) is 1. The van der Waals surface area contributed by atoms with Crippen molar-refractivity contribution in [1.29, 1.82) is 0 Å². The van der Waals surface area contributed by atoms with Crippen molar-refractivity contribution in [3.63, 3.8) is 0 Å². The number of rotatable bonds is 4. The molecule has 3 nitrogen and oxygen atoms in total. The zero-order valence-electron chi connectivity index (χ0n) is 12.2. The van der Waals surface area contributed by atoms with Gasteiger partial charge in [-0.25, -0.2) is 0 Å². The maximum Gasteiger partial charge on any atom is 0.0974 e. The van der Waals surface area contributed by atoms with Crippen molar-refractivity contribution in [3.05, 3.63) is 54.2 Å². The summed E-state index contributed by atoms with van der Waals surface area (Å²) in [4.78, 5) is 0. The monoisotopic (exact) mass is 277 g/mol. The van der Waals surface area contributed by atoms with Crippen molar-refractivity contribution in [2.24, 2.45) is 7.05 Å². The minimum absolute atomic E-state index is 0.713. The van der Waals surface area contributed by atoms with Gasteiger partial charge in [0.15, 0.2) is 0 Å². The van der Waals surface area contributed by atoms with Gasteiger partial charge in [0.05, 0.1) is 5.69 Å². The van der Waals surface area contributed by atoms with E-state index in [1.165, 1.54) is 34.7 Å². The highest BCUT2D eigenvalue weighted by Gasteiger charge is 2.21. The van der Waals surface area contributed by atoms with Crippen LogP contribution in [-0.2, 0) is 13.6 Å². The predicted octanol–water partition coefficient (Wildman–Crippen LogP) is 3.49. The van der Waals surface area contributed by atoms with Gasteiger partial charge in [-0.1, -0.05) is 42.5 Å². The summed E-state index contributed by atoms with van der Waals surface area (Å²) < 4.78 is 1.92. The van der Waals surface area contributed by atoms with Crippen molar-refractivity contribution in [1.82, 2.24) is 15.1 Å². The van der Waals surface area contributed by atoms with Gasteiger partial charge in [-0.05, 0) is 23.6 Å². The third-order valence-corrected chi connectivity index (χ3v) is 4.11. The van der Waals surface area contributed by atoms with E-state index in [2.05, 4.69) is 54.0 Å². The molecule has 1 fully saturated rings. The number of benzene rings is 2. The lowest BCUT2D eigenvalue weighted by Gasteiger charge is -2.07. The van der Waals surface area contributed by atoms with Crippen LogP contribution in [0.3, 0.4) is 0 Å². The summed E-state index contributed by atoms with van der Waals surface area (Å²) in [5.41, 5.74) is 3.60. The number of hydrogen-bond acceptors (Lipinski definition) is 2. The lowest BCUT2D eigenvalue weighted by Crippen LogP contribution is -2.15. The van der Waals surface area contributed by atoms with Crippen LogP contribution < -0.4 is 5.32 Å². The Bertz CT molecular complexity index is 779. The van der Waals surface area contributed by atoms with Gasteiger partial charge < -0.3 is 5.32 Å². The van der Waals surface area contributed by atoms with Gasteiger partial charge in [0.2, 0.25) is 0 Å². The molecule has 0 aliphatic heterocycles. The summed E-state index contributed by atoms with van der Waals surface area (Å²) in [5, 5.41) is 10.8. The second-order valence-electron chi connectivity index (χ2n) is 5.86. The molecule has 21 heavy (non-hydrogen) atoms. The summed E-state index contributed by atoms with van der Waals surface area (Å²) in [7, 11) is 2.00. The minimum Gasteiger partial charge on any atom is -0.310 e. The average Bonchev–Trinajstić information content (AvgIpc) is 3.27. The van der Waals surface area contributed by atoms with E-state index in [0.29, 0.717) is 6.04 Å². The molecule has 4 rings (SSSR count). The van der Waals surface area contributed by atoms with E-state index in [-0.39, 0.29) is 0 Å². The van der Waals surface area contributed by atoms with E-state index in [4.69, 9.17) is 5.10 Å². The lowest BCUT2D eigenvalue weighted by molar-refractivity contribution is 0.687. The van der Waals surface area contributed by atoms with Crippen LogP contribution in [0, 0.1) is 0 Å². The molecule has 1 aliphatic carbocycles.